The van der Waals surface area contributed by atoms with Crippen LogP contribution < -0.4 is 15.4 Å². The van der Waals surface area contributed by atoms with Crippen LogP contribution in [-0.2, 0) is 10.0 Å². The van der Waals surface area contributed by atoms with Crippen LogP contribution in [-0.4, -0.2) is 14.4 Å². The SMILES string of the molecule is O=C(Nc1ccccc1)Nc1cccc(NS(=O)(=O)c2ccc(F)cc2)c1. The number of urea groups is 1. The van der Waals surface area contributed by atoms with E-state index in [-0.39, 0.29) is 10.6 Å². The zero-order valence-electron chi connectivity index (χ0n) is 14.0. The number of rotatable bonds is 5. The van der Waals surface area contributed by atoms with Gasteiger partial charge in [0.25, 0.3) is 10.0 Å². The van der Waals surface area contributed by atoms with Gasteiger partial charge in [0.05, 0.1) is 10.6 Å². The van der Waals surface area contributed by atoms with Crippen LogP contribution in [0.4, 0.5) is 26.2 Å². The van der Waals surface area contributed by atoms with E-state index in [1.165, 1.54) is 18.2 Å². The fourth-order valence-corrected chi connectivity index (χ4v) is 3.35. The van der Waals surface area contributed by atoms with Gasteiger partial charge in [-0.3, -0.25) is 4.72 Å². The topological polar surface area (TPSA) is 87.3 Å². The zero-order chi connectivity index (χ0) is 19.3. The van der Waals surface area contributed by atoms with E-state index in [1.807, 2.05) is 6.07 Å². The predicted octanol–water partition coefficient (Wildman–Crippen LogP) is 4.27. The van der Waals surface area contributed by atoms with E-state index >= 15 is 0 Å². The summed E-state index contributed by atoms with van der Waals surface area (Å²) in [5.41, 5.74) is 1.29. The Bertz CT molecular complexity index is 1040. The summed E-state index contributed by atoms with van der Waals surface area (Å²) in [6.07, 6.45) is 0. The van der Waals surface area contributed by atoms with Gasteiger partial charge in [0, 0.05) is 11.4 Å². The first kappa shape index (κ1) is 18.4. The monoisotopic (exact) mass is 385 g/mol. The third-order valence-corrected chi connectivity index (χ3v) is 4.93. The number of sulfonamides is 1. The molecule has 0 saturated heterocycles. The quantitative estimate of drug-likeness (QED) is 0.613. The number of amides is 2. The highest BCUT2D eigenvalue weighted by molar-refractivity contribution is 7.92. The molecule has 3 aromatic rings. The molecule has 0 bridgehead atoms. The van der Waals surface area contributed by atoms with Crippen LogP contribution in [0.25, 0.3) is 0 Å². The van der Waals surface area contributed by atoms with Crippen molar-refractivity contribution < 1.29 is 17.6 Å². The Morgan fingerprint density at radius 1 is 0.741 bits per heavy atom. The third kappa shape index (κ3) is 5.05. The van der Waals surface area contributed by atoms with E-state index in [1.54, 1.807) is 42.5 Å². The minimum absolute atomic E-state index is 0.0657. The lowest BCUT2D eigenvalue weighted by molar-refractivity contribution is 0.262. The lowest BCUT2D eigenvalue weighted by atomic mass is 10.3. The molecule has 138 valence electrons. The molecule has 0 atom stereocenters. The van der Waals surface area contributed by atoms with E-state index in [2.05, 4.69) is 15.4 Å². The van der Waals surface area contributed by atoms with Gasteiger partial charge in [0.15, 0.2) is 0 Å². The second-order valence-corrected chi connectivity index (χ2v) is 7.27. The van der Waals surface area contributed by atoms with E-state index < -0.39 is 21.9 Å². The number of halogens is 1. The highest BCUT2D eigenvalue weighted by Crippen LogP contribution is 2.20. The van der Waals surface area contributed by atoms with Crippen LogP contribution in [0.1, 0.15) is 0 Å². The smallest absolute Gasteiger partial charge is 0.308 e. The molecular formula is C19H16FN3O3S. The number of carbonyl (C=O) groups excluding carboxylic acids is 1. The van der Waals surface area contributed by atoms with Crippen LogP contribution in [0.2, 0.25) is 0 Å². The van der Waals surface area contributed by atoms with Crippen molar-refractivity contribution in [1.82, 2.24) is 0 Å². The second-order valence-electron chi connectivity index (χ2n) is 5.59. The van der Waals surface area contributed by atoms with Gasteiger partial charge in [0.2, 0.25) is 0 Å². The number of nitrogens with one attached hydrogen (secondary N) is 3. The van der Waals surface area contributed by atoms with Gasteiger partial charge in [-0.05, 0) is 54.6 Å². The molecule has 6 nitrogen and oxygen atoms in total. The number of benzene rings is 3. The number of anilines is 3. The van der Waals surface area contributed by atoms with Gasteiger partial charge in [-0.1, -0.05) is 24.3 Å². The summed E-state index contributed by atoms with van der Waals surface area (Å²) >= 11 is 0. The molecule has 27 heavy (non-hydrogen) atoms. The molecule has 0 saturated carbocycles. The van der Waals surface area contributed by atoms with Crippen LogP contribution in [0.5, 0.6) is 0 Å². The maximum atomic E-state index is 13.0. The largest absolute Gasteiger partial charge is 0.323 e. The summed E-state index contributed by atoms with van der Waals surface area (Å²) in [4.78, 5) is 12.0. The Kier molecular flexibility index (Phi) is 5.37. The Balaban J connectivity index is 1.70. The van der Waals surface area contributed by atoms with Crippen LogP contribution >= 0.6 is 0 Å². The lowest BCUT2D eigenvalue weighted by Crippen LogP contribution is -2.19. The summed E-state index contributed by atoms with van der Waals surface area (Å²) in [5.74, 6) is -0.524. The van der Waals surface area contributed by atoms with Crippen molar-refractivity contribution in [3.63, 3.8) is 0 Å². The fourth-order valence-electron chi connectivity index (χ4n) is 2.30. The first-order valence-electron chi connectivity index (χ1n) is 7.94. The van der Waals surface area contributed by atoms with Gasteiger partial charge in [0.1, 0.15) is 5.82 Å². The summed E-state index contributed by atoms with van der Waals surface area (Å²) in [5, 5.41) is 5.29. The van der Waals surface area contributed by atoms with Crippen molar-refractivity contribution in [2.24, 2.45) is 0 Å². The maximum Gasteiger partial charge on any atom is 0.323 e. The van der Waals surface area contributed by atoms with Crippen molar-refractivity contribution in [2.75, 3.05) is 15.4 Å². The molecule has 3 N–H and O–H groups in total. The predicted molar refractivity (Wildman–Crippen MR) is 103 cm³/mol. The molecule has 8 heteroatoms. The summed E-state index contributed by atoms with van der Waals surface area (Å²) in [6.45, 7) is 0. The van der Waals surface area contributed by atoms with Crippen molar-refractivity contribution in [1.29, 1.82) is 0 Å². The van der Waals surface area contributed by atoms with E-state index in [0.29, 0.717) is 11.4 Å². The minimum atomic E-state index is -3.87. The summed E-state index contributed by atoms with van der Waals surface area (Å²) < 4.78 is 40.1. The van der Waals surface area contributed by atoms with Gasteiger partial charge in [-0.15, -0.1) is 0 Å². The highest BCUT2D eigenvalue weighted by Gasteiger charge is 2.14. The molecule has 3 aromatic carbocycles. The number of hydrogen-bond donors (Lipinski definition) is 3. The first-order chi connectivity index (χ1) is 12.9. The number of carbonyl (C=O) groups is 1. The standard InChI is InChI=1S/C19H16FN3O3S/c20-14-9-11-18(12-10-14)27(25,26)23-17-8-4-7-16(13-17)22-19(24)21-15-5-2-1-3-6-15/h1-13,23H,(H2,21,22,24). The summed E-state index contributed by atoms with van der Waals surface area (Å²) in [6, 6.07) is 19.2. The molecule has 2 amide bonds. The van der Waals surface area contributed by atoms with E-state index in [4.69, 9.17) is 0 Å². The third-order valence-electron chi connectivity index (χ3n) is 3.53. The number of hydrogen-bond acceptors (Lipinski definition) is 3. The van der Waals surface area contributed by atoms with Crippen molar-refractivity contribution in [3.05, 3.63) is 84.7 Å². The molecule has 0 aliphatic rings. The van der Waals surface area contributed by atoms with Crippen LogP contribution in [0.3, 0.4) is 0 Å². The van der Waals surface area contributed by atoms with Crippen LogP contribution in [0, 0.1) is 5.82 Å². The lowest BCUT2D eigenvalue weighted by Gasteiger charge is -2.11. The minimum Gasteiger partial charge on any atom is -0.308 e. The van der Waals surface area contributed by atoms with Crippen LogP contribution in [0.15, 0.2) is 83.8 Å². The molecule has 0 fully saturated rings. The molecule has 0 aromatic heterocycles. The average molecular weight is 385 g/mol. The molecular weight excluding hydrogens is 369 g/mol. The zero-order valence-corrected chi connectivity index (χ0v) is 14.8. The van der Waals surface area contributed by atoms with Crippen molar-refractivity contribution in [2.45, 2.75) is 4.90 Å². The molecule has 0 unspecified atom stereocenters. The first-order valence-corrected chi connectivity index (χ1v) is 9.42. The molecule has 3 rings (SSSR count). The molecule has 0 heterocycles. The second kappa shape index (κ2) is 7.88. The van der Waals surface area contributed by atoms with Gasteiger partial charge < -0.3 is 10.6 Å². The molecule has 0 spiro atoms. The Morgan fingerprint density at radius 2 is 1.33 bits per heavy atom. The van der Waals surface area contributed by atoms with Gasteiger partial charge in [-0.2, -0.15) is 0 Å². The summed E-state index contributed by atoms with van der Waals surface area (Å²) in [7, 11) is -3.87. The van der Waals surface area contributed by atoms with E-state index in [9.17, 15) is 17.6 Å². The Hall–Kier alpha value is -3.39. The molecule has 0 aliphatic carbocycles. The Morgan fingerprint density at radius 3 is 2.04 bits per heavy atom. The van der Waals surface area contributed by atoms with Gasteiger partial charge >= 0.3 is 6.03 Å². The van der Waals surface area contributed by atoms with Crippen molar-refractivity contribution in [3.8, 4) is 0 Å². The van der Waals surface area contributed by atoms with E-state index in [0.717, 1.165) is 12.1 Å². The molecule has 0 aliphatic heterocycles. The fraction of sp³-hybridized carbons (Fsp3) is 0. The average Bonchev–Trinajstić information content (AvgIpc) is 2.62. The highest BCUT2D eigenvalue weighted by atomic mass is 32.2. The molecule has 0 radical (unpaired) electrons. The maximum absolute atomic E-state index is 13.0. The van der Waals surface area contributed by atoms with Crippen molar-refractivity contribution >= 4 is 33.1 Å². The Labute approximate surface area is 156 Å². The normalized spacial score (nSPS) is 10.9. The van der Waals surface area contributed by atoms with Gasteiger partial charge in [-0.25, -0.2) is 17.6 Å². The number of para-hydroxylation sites is 1.